The lowest BCUT2D eigenvalue weighted by Gasteiger charge is -2.22. The maximum absolute atomic E-state index is 5.29. The smallest absolute Gasteiger partial charge is 0.160 e. The van der Waals surface area contributed by atoms with Crippen molar-refractivity contribution in [3.05, 3.63) is 163 Å². The maximum atomic E-state index is 5.29. The zero-order valence-electron chi connectivity index (χ0n) is 28.2. The SMILES string of the molecule is CC1(C)c2ccccc2-c2ccc(-c3nc(-c4ccc(-n5c6ccccc6c6c7sc8ccccc8c7ccc65)cc4)nc4ccccc34)cc21. The third-order valence-corrected chi connectivity index (χ3v) is 12.2. The lowest BCUT2D eigenvalue weighted by Crippen LogP contribution is -2.14. The van der Waals surface area contributed by atoms with E-state index >= 15 is 0 Å². The van der Waals surface area contributed by atoms with Crippen molar-refractivity contribution in [2.24, 2.45) is 0 Å². The topological polar surface area (TPSA) is 30.7 Å². The van der Waals surface area contributed by atoms with E-state index in [0.717, 1.165) is 39.2 Å². The van der Waals surface area contributed by atoms with E-state index in [0.29, 0.717) is 0 Å². The molecule has 0 saturated carbocycles. The summed E-state index contributed by atoms with van der Waals surface area (Å²) in [7, 11) is 0. The molecule has 0 aliphatic heterocycles. The second kappa shape index (κ2) is 10.5. The van der Waals surface area contributed by atoms with Crippen LogP contribution in [0.5, 0.6) is 0 Å². The minimum absolute atomic E-state index is 0.0843. The Bertz CT molecular complexity index is 3050. The summed E-state index contributed by atoms with van der Waals surface area (Å²) in [6.45, 7) is 4.66. The summed E-state index contributed by atoms with van der Waals surface area (Å²) < 4.78 is 5.07. The molecular formula is C47H31N3S. The number of aromatic nitrogens is 3. The van der Waals surface area contributed by atoms with Gasteiger partial charge in [0.15, 0.2) is 5.82 Å². The molecule has 0 spiro atoms. The van der Waals surface area contributed by atoms with Gasteiger partial charge in [0, 0.05) is 58.6 Å². The zero-order chi connectivity index (χ0) is 33.8. The van der Waals surface area contributed by atoms with Crippen molar-refractivity contribution in [2.45, 2.75) is 19.3 Å². The summed E-state index contributed by atoms with van der Waals surface area (Å²) in [5.74, 6) is 0.729. The Balaban J connectivity index is 1.05. The Kier molecular flexibility index (Phi) is 5.89. The molecule has 51 heavy (non-hydrogen) atoms. The van der Waals surface area contributed by atoms with Crippen molar-refractivity contribution < 1.29 is 0 Å². The Morgan fingerprint density at radius 2 is 1.24 bits per heavy atom. The molecule has 0 atom stereocenters. The molecule has 0 bridgehead atoms. The van der Waals surface area contributed by atoms with Gasteiger partial charge in [-0.3, -0.25) is 0 Å². The van der Waals surface area contributed by atoms with Crippen LogP contribution in [0, 0.1) is 0 Å². The summed E-state index contributed by atoms with van der Waals surface area (Å²) in [5.41, 5.74) is 12.8. The van der Waals surface area contributed by atoms with Crippen LogP contribution in [0.15, 0.2) is 152 Å². The van der Waals surface area contributed by atoms with E-state index < -0.39 is 0 Å². The van der Waals surface area contributed by atoms with E-state index in [4.69, 9.17) is 9.97 Å². The van der Waals surface area contributed by atoms with E-state index in [1.807, 2.05) is 11.3 Å². The average molecular weight is 670 g/mol. The fourth-order valence-corrected chi connectivity index (χ4v) is 9.81. The first kappa shape index (κ1) is 28.7. The largest absolute Gasteiger partial charge is 0.309 e. The number of hydrogen-bond acceptors (Lipinski definition) is 3. The van der Waals surface area contributed by atoms with Crippen molar-refractivity contribution in [3.63, 3.8) is 0 Å². The molecule has 11 rings (SSSR count). The molecule has 3 aromatic heterocycles. The standard InChI is InChI=1S/C47H31N3S/c1-47(2)37-15-7-3-11-31(37)32-24-21-29(27-38(32)47)44-35-13-4-8-16-39(35)48-46(49-44)28-19-22-30(23-20-28)50-40-17-9-5-14-36(40)43-41(50)26-25-34-33-12-6-10-18-42(33)51-45(34)43/h3-27H,1-2H3. The molecule has 0 amide bonds. The molecule has 0 N–H and O–H groups in total. The van der Waals surface area contributed by atoms with Gasteiger partial charge in [0.2, 0.25) is 0 Å². The number of nitrogens with zero attached hydrogens (tertiary/aromatic N) is 3. The van der Waals surface area contributed by atoms with Crippen molar-refractivity contribution >= 4 is 64.2 Å². The molecule has 3 heterocycles. The first-order chi connectivity index (χ1) is 25.0. The lowest BCUT2D eigenvalue weighted by atomic mass is 9.82. The van der Waals surface area contributed by atoms with Crippen molar-refractivity contribution in [1.29, 1.82) is 0 Å². The van der Waals surface area contributed by atoms with Crippen LogP contribution in [0.4, 0.5) is 0 Å². The average Bonchev–Trinajstić information content (AvgIpc) is 3.80. The summed E-state index contributed by atoms with van der Waals surface area (Å²) in [4.78, 5) is 10.4. The van der Waals surface area contributed by atoms with Crippen molar-refractivity contribution in [2.75, 3.05) is 0 Å². The zero-order valence-corrected chi connectivity index (χ0v) is 29.0. The molecule has 7 aromatic carbocycles. The second-order valence-corrected chi connectivity index (χ2v) is 15.2. The Hall–Kier alpha value is -6.10. The monoisotopic (exact) mass is 669 g/mol. The van der Waals surface area contributed by atoms with Gasteiger partial charge in [-0.05, 0) is 76.9 Å². The predicted octanol–water partition coefficient (Wildman–Crippen LogP) is 12.7. The van der Waals surface area contributed by atoms with E-state index in [9.17, 15) is 0 Å². The van der Waals surface area contributed by atoms with E-state index in [1.54, 1.807) is 0 Å². The van der Waals surface area contributed by atoms with Crippen LogP contribution in [0.2, 0.25) is 0 Å². The highest BCUT2D eigenvalue weighted by Crippen LogP contribution is 2.50. The third-order valence-electron chi connectivity index (χ3n) is 11.0. The maximum Gasteiger partial charge on any atom is 0.160 e. The second-order valence-electron chi connectivity index (χ2n) is 14.2. The molecule has 0 fully saturated rings. The number of benzene rings is 7. The van der Waals surface area contributed by atoms with Crippen LogP contribution in [-0.4, -0.2) is 14.5 Å². The number of para-hydroxylation sites is 2. The normalized spacial score (nSPS) is 13.5. The molecule has 1 aliphatic rings. The number of thiophene rings is 1. The van der Waals surface area contributed by atoms with E-state index in [1.165, 1.54) is 64.2 Å². The van der Waals surface area contributed by atoms with Gasteiger partial charge in [-0.25, -0.2) is 9.97 Å². The molecule has 240 valence electrons. The summed E-state index contributed by atoms with van der Waals surface area (Å²) >= 11 is 1.89. The Morgan fingerprint density at radius 1 is 0.529 bits per heavy atom. The molecule has 3 nitrogen and oxygen atoms in total. The number of hydrogen-bond donors (Lipinski definition) is 0. The molecule has 0 radical (unpaired) electrons. The first-order valence-corrected chi connectivity index (χ1v) is 18.3. The highest BCUT2D eigenvalue weighted by Gasteiger charge is 2.35. The Morgan fingerprint density at radius 3 is 2.12 bits per heavy atom. The highest BCUT2D eigenvalue weighted by molar-refractivity contribution is 7.26. The fourth-order valence-electron chi connectivity index (χ4n) is 8.55. The van der Waals surface area contributed by atoms with Crippen LogP contribution in [0.25, 0.3) is 92.3 Å². The molecule has 10 aromatic rings. The van der Waals surface area contributed by atoms with Crippen LogP contribution < -0.4 is 0 Å². The molecule has 0 saturated heterocycles. The van der Waals surface area contributed by atoms with Gasteiger partial charge in [0.25, 0.3) is 0 Å². The number of fused-ring (bicyclic) bond motifs is 11. The van der Waals surface area contributed by atoms with Gasteiger partial charge < -0.3 is 4.57 Å². The van der Waals surface area contributed by atoms with Crippen molar-refractivity contribution in [1.82, 2.24) is 14.5 Å². The van der Waals surface area contributed by atoms with Crippen molar-refractivity contribution in [3.8, 4) is 39.5 Å². The van der Waals surface area contributed by atoms with E-state index in [-0.39, 0.29) is 5.41 Å². The van der Waals surface area contributed by atoms with Gasteiger partial charge in [-0.2, -0.15) is 0 Å². The highest BCUT2D eigenvalue weighted by atomic mass is 32.1. The fraction of sp³-hybridized carbons (Fsp3) is 0.0638. The molecule has 0 unspecified atom stereocenters. The van der Waals surface area contributed by atoms with Gasteiger partial charge >= 0.3 is 0 Å². The Labute approximate surface area is 299 Å². The van der Waals surface area contributed by atoms with Gasteiger partial charge in [-0.1, -0.05) is 111 Å². The molecular weight excluding hydrogens is 639 g/mol. The minimum Gasteiger partial charge on any atom is -0.309 e. The number of rotatable bonds is 3. The molecule has 4 heteroatoms. The van der Waals surface area contributed by atoms with Gasteiger partial charge in [0.05, 0.1) is 22.2 Å². The van der Waals surface area contributed by atoms with Crippen LogP contribution >= 0.6 is 11.3 Å². The predicted molar refractivity (Wildman–Crippen MR) is 215 cm³/mol. The summed E-state index contributed by atoms with van der Waals surface area (Å²) in [6.07, 6.45) is 0. The lowest BCUT2D eigenvalue weighted by molar-refractivity contribution is 0.660. The van der Waals surface area contributed by atoms with Gasteiger partial charge in [0.1, 0.15) is 0 Å². The van der Waals surface area contributed by atoms with Crippen LogP contribution in [0.3, 0.4) is 0 Å². The third kappa shape index (κ3) is 4.05. The molecule has 1 aliphatic carbocycles. The summed E-state index contributed by atoms with van der Waals surface area (Å²) in [6, 6.07) is 54.9. The quantitative estimate of drug-likeness (QED) is 0.187. The summed E-state index contributed by atoms with van der Waals surface area (Å²) in [5, 5.41) is 6.29. The van der Waals surface area contributed by atoms with Crippen LogP contribution in [0.1, 0.15) is 25.0 Å². The van der Waals surface area contributed by atoms with Gasteiger partial charge in [-0.15, -0.1) is 11.3 Å². The van der Waals surface area contributed by atoms with Crippen LogP contribution in [-0.2, 0) is 5.41 Å². The first-order valence-electron chi connectivity index (χ1n) is 17.5. The van der Waals surface area contributed by atoms with E-state index in [2.05, 4.69) is 170 Å². The minimum atomic E-state index is -0.0843.